The second kappa shape index (κ2) is 7.08. The van der Waals surface area contributed by atoms with Gasteiger partial charge in [-0.15, -0.1) is 0 Å². The summed E-state index contributed by atoms with van der Waals surface area (Å²) in [5.74, 6) is -4.91. The molecule has 0 aromatic carbocycles. The summed E-state index contributed by atoms with van der Waals surface area (Å²) in [6.07, 6.45) is 4.03. The second-order valence-corrected chi connectivity index (χ2v) is 8.20. The Morgan fingerprint density at radius 3 is 2.36 bits per heavy atom. The maximum Gasteiger partial charge on any atom is 0.352 e. The lowest BCUT2D eigenvalue weighted by molar-refractivity contribution is -0.200. The van der Waals surface area contributed by atoms with Crippen LogP contribution in [0.15, 0.2) is 0 Å². The van der Waals surface area contributed by atoms with Crippen molar-refractivity contribution in [3.05, 3.63) is 0 Å². The van der Waals surface area contributed by atoms with Crippen molar-refractivity contribution in [3.8, 4) is 0 Å². The van der Waals surface area contributed by atoms with Crippen LogP contribution in [0.4, 0.5) is 8.78 Å². The maximum absolute atomic E-state index is 14.6. The summed E-state index contributed by atoms with van der Waals surface area (Å²) in [4.78, 5) is 18.3. The number of likely N-dealkylation sites (tertiary alicyclic amines) is 2. The van der Waals surface area contributed by atoms with Crippen LogP contribution in [0.3, 0.4) is 0 Å². The molecule has 0 bridgehead atoms. The van der Waals surface area contributed by atoms with Crippen LogP contribution < -0.4 is 0 Å². The SMILES string of the molecule is CN1CCC(N2CCC(N(C)C(=O)C(F)(F)C3(O)CCCC3)C2)CC1. The van der Waals surface area contributed by atoms with Gasteiger partial charge in [0, 0.05) is 32.2 Å². The van der Waals surface area contributed by atoms with Crippen molar-refractivity contribution in [3.63, 3.8) is 0 Å². The predicted molar refractivity (Wildman–Crippen MR) is 91.6 cm³/mol. The third-order valence-electron chi connectivity index (χ3n) is 6.55. The van der Waals surface area contributed by atoms with E-state index < -0.39 is 17.4 Å². The van der Waals surface area contributed by atoms with Gasteiger partial charge in [-0.05, 0) is 52.2 Å². The third kappa shape index (κ3) is 3.55. The number of hydrogen-bond donors (Lipinski definition) is 1. The normalized spacial score (nSPS) is 29.2. The minimum Gasteiger partial charge on any atom is -0.383 e. The van der Waals surface area contributed by atoms with Gasteiger partial charge in [-0.2, -0.15) is 8.78 Å². The molecule has 2 saturated heterocycles. The van der Waals surface area contributed by atoms with Gasteiger partial charge < -0.3 is 14.9 Å². The Balaban J connectivity index is 1.59. The number of hydrogen-bond acceptors (Lipinski definition) is 4. The van der Waals surface area contributed by atoms with Crippen molar-refractivity contribution in [2.45, 2.75) is 68.6 Å². The van der Waals surface area contributed by atoms with E-state index in [1.54, 1.807) is 0 Å². The first-order chi connectivity index (χ1) is 11.7. The molecule has 0 spiro atoms. The molecule has 0 radical (unpaired) electrons. The van der Waals surface area contributed by atoms with Crippen LogP contribution in [0.2, 0.25) is 0 Å². The molecule has 144 valence electrons. The van der Waals surface area contributed by atoms with Gasteiger partial charge in [-0.1, -0.05) is 12.8 Å². The Bertz CT molecular complexity index is 489. The molecule has 2 heterocycles. The monoisotopic (exact) mass is 359 g/mol. The van der Waals surface area contributed by atoms with E-state index in [1.807, 2.05) is 0 Å². The van der Waals surface area contributed by atoms with Crippen molar-refractivity contribution in [1.82, 2.24) is 14.7 Å². The number of piperidine rings is 1. The highest BCUT2D eigenvalue weighted by Crippen LogP contribution is 2.43. The zero-order valence-electron chi connectivity index (χ0n) is 15.4. The summed E-state index contributed by atoms with van der Waals surface area (Å²) < 4.78 is 29.3. The van der Waals surface area contributed by atoms with Gasteiger partial charge in [0.15, 0.2) is 0 Å². The number of rotatable bonds is 4. The minimum atomic E-state index is -3.70. The first-order valence-corrected chi connectivity index (χ1v) is 9.55. The van der Waals surface area contributed by atoms with E-state index in [4.69, 9.17) is 0 Å². The highest BCUT2D eigenvalue weighted by molar-refractivity contribution is 5.85. The first-order valence-electron chi connectivity index (χ1n) is 9.55. The quantitative estimate of drug-likeness (QED) is 0.827. The number of aliphatic hydroxyl groups is 1. The summed E-state index contributed by atoms with van der Waals surface area (Å²) >= 11 is 0. The van der Waals surface area contributed by atoms with Gasteiger partial charge in [-0.25, -0.2) is 0 Å². The molecule has 2 aliphatic heterocycles. The minimum absolute atomic E-state index is 0.00592. The number of amides is 1. The van der Waals surface area contributed by atoms with Crippen molar-refractivity contribution in [1.29, 1.82) is 0 Å². The van der Waals surface area contributed by atoms with Crippen molar-refractivity contribution >= 4 is 5.91 Å². The molecule has 0 aromatic heterocycles. The second-order valence-electron chi connectivity index (χ2n) is 8.20. The van der Waals surface area contributed by atoms with Crippen LogP contribution in [0.1, 0.15) is 44.9 Å². The smallest absolute Gasteiger partial charge is 0.352 e. The molecule has 25 heavy (non-hydrogen) atoms. The van der Waals surface area contributed by atoms with Crippen LogP contribution >= 0.6 is 0 Å². The van der Waals surface area contributed by atoms with Gasteiger partial charge in [0.25, 0.3) is 5.91 Å². The highest BCUT2D eigenvalue weighted by atomic mass is 19.3. The molecule has 1 amide bonds. The molecule has 3 fully saturated rings. The Morgan fingerprint density at radius 2 is 1.76 bits per heavy atom. The molecule has 3 rings (SSSR count). The van der Waals surface area contributed by atoms with E-state index in [0.29, 0.717) is 25.4 Å². The van der Waals surface area contributed by atoms with Crippen LogP contribution in [-0.2, 0) is 4.79 Å². The lowest BCUT2D eigenvalue weighted by Gasteiger charge is -2.37. The lowest BCUT2D eigenvalue weighted by atomic mass is 9.92. The Morgan fingerprint density at radius 1 is 1.16 bits per heavy atom. The number of nitrogens with zero attached hydrogens (tertiary/aromatic N) is 3. The molecular weight excluding hydrogens is 328 g/mol. The largest absolute Gasteiger partial charge is 0.383 e. The molecule has 1 unspecified atom stereocenters. The zero-order chi connectivity index (χ0) is 18.2. The standard InChI is InChI=1S/C18H31F2N3O2/c1-21-10-5-14(6-11-21)23-12-7-15(13-23)22(2)16(24)18(19,20)17(25)8-3-4-9-17/h14-15,25H,3-13H2,1-2H3. The Kier molecular flexibility index (Phi) is 5.38. The fourth-order valence-electron chi connectivity index (χ4n) is 4.64. The summed E-state index contributed by atoms with van der Waals surface area (Å²) in [5, 5.41) is 10.2. The molecule has 5 nitrogen and oxygen atoms in total. The van der Waals surface area contributed by atoms with Crippen molar-refractivity contribution in [2.24, 2.45) is 0 Å². The molecular formula is C18H31F2N3O2. The fourth-order valence-corrected chi connectivity index (χ4v) is 4.64. The van der Waals surface area contributed by atoms with Gasteiger partial charge in [0.05, 0.1) is 0 Å². The molecule has 1 aliphatic carbocycles. The van der Waals surface area contributed by atoms with E-state index in [-0.39, 0.29) is 18.9 Å². The van der Waals surface area contributed by atoms with Crippen molar-refractivity contribution < 1.29 is 18.7 Å². The van der Waals surface area contributed by atoms with Gasteiger partial charge in [-0.3, -0.25) is 9.69 Å². The summed E-state index contributed by atoms with van der Waals surface area (Å²) in [5.41, 5.74) is -2.16. The van der Waals surface area contributed by atoms with E-state index in [2.05, 4.69) is 16.8 Å². The maximum atomic E-state index is 14.6. The molecule has 7 heteroatoms. The number of carbonyl (C=O) groups is 1. The lowest BCUT2D eigenvalue weighted by Crippen LogP contribution is -2.58. The van der Waals surface area contributed by atoms with E-state index >= 15 is 0 Å². The average Bonchev–Trinajstić information content (AvgIpc) is 3.24. The van der Waals surface area contributed by atoms with E-state index in [9.17, 15) is 18.7 Å². The Hall–Kier alpha value is -0.790. The molecule has 1 saturated carbocycles. The van der Waals surface area contributed by atoms with Crippen LogP contribution in [-0.4, -0.2) is 89.6 Å². The third-order valence-corrected chi connectivity index (χ3v) is 6.55. The summed E-state index contributed by atoms with van der Waals surface area (Å²) in [6, 6.07) is 0.298. The van der Waals surface area contributed by atoms with Gasteiger partial charge in [0.1, 0.15) is 5.60 Å². The first kappa shape index (κ1) is 19.0. The molecule has 1 atom stereocenters. The van der Waals surface area contributed by atoms with Crippen LogP contribution in [0.5, 0.6) is 0 Å². The number of halogens is 2. The van der Waals surface area contributed by atoms with Crippen LogP contribution in [0, 0.1) is 0 Å². The van der Waals surface area contributed by atoms with Gasteiger partial charge in [0.2, 0.25) is 0 Å². The topological polar surface area (TPSA) is 47.0 Å². The average molecular weight is 359 g/mol. The fraction of sp³-hybridized carbons (Fsp3) is 0.944. The molecule has 3 aliphatic rings. The zero-order valence-corrected chi connectivity index (χ0v) is 15.4. The van der Waals surface area contributed by atoms with E-state index in [0.717, 1.165) is 38.9 Å². The van der Waals surface area contributed by atoms with Crippen molar-refractivity contribution in [2.75, 3.05) is 40.3 Å². The number of likely N-dealkylation sites (N-methyl/N-ethyl adjacent to an activating group) is 1. The van der Waals surface area contributed by atoms with E-state index in [1.165, 1.54) is 11.9 Å². The summed E-state index contributed by atoms with van der Waals surface area (Å²) in [7, 11) is 3.59. The predicted octanol–water partition coefficient (Wildman–Crippen LogP) is 1.55. The molecule has 1 N–H and O–H groups in total. The Labute approximate surface area is 148 Å². The summed E-state index contributed by atoms with van der Waals surface area (Å²) in [6.45, 7) is 3.63. The molecule has 0 aromatic rings. The number of alkyl halides is 2. The van der Waals surface area contributed by atoms with Crippen LogP contribution in [0.25, 0.3) is 0 Å². The number of carbonyl (C=O) groups excluding carboxylic acids is 1. The van der Waals surface area contributed by atoms with Gasteiger partial charge >= 0.3 is 5.92 Å². The highest BCUT2D eigenvalue weighted by Gasteiger charge is 2.60.